The summed E-state index contributed by atoms with van der Waals surface area (Å²) in [5.74, 6) is -0.467. The number of hydrogen-bond donors (Lipinski definition) is 2. The number of nitrogen functional groups attached to an aromatic ring is 1. The summed E-state index contributed by atoms with van der Waals surface area (Å²) in [4.78, 5) is 11.3. The number of hydrogen-bond acceptors (Lipinski definition) is 3. The molecule has 94 valence electrons. The van der Waals surface area contributed by atoms with Gasteiger partial charge in [0, 0.05) is 6.54 Å². The second-order valence-corrected chi connectivity index (χ2v) is 4.71. The Labute approximate surface area is 100.0 Å². The maximum atomic E-state index is 12.9. The molecule has 0 aliphatic carbocycles. The van der Waals surface area contributed by atoms with Gasteiger partial charge in [0.2, 0.25) is 0 Å². The molecule has 1 aromatic rings. The Balaban J connectivity index is 2.50. The van der Waals surface area contributed by atoms with Crippen molar-refractivity contribution in [2.45, 2.75) is 32.9 Å². The second kappa shape index (κ2) is 5.03. The third-order valence-corrected chi connectivity index (χ3v) is 1.90. The number of carbonyl (C=O) groups is 1. The summed E-state index contributed by atoms with van der Waals surface area (Å²) < 4.78 is 17.9. The summed E-state index contributed by atoms with van der Waals surface area (Å²) in [6.45, 7) is 5.59. The molecule has 0 saturated heterocycles. The van der Waals surface area contributed by atoms with E-state index in [9.17, 15) is 9.18 Å². The third kappa shape index (κ3) is 4.72. The molecule has 0 aliphatic heterocycles. The van der Waals surface area contributed by atoms with E-state index in [0.717, 1.165) is 5.56 Å². The molecule has 1 rings (SSSR count). The molecular weight excluding hydrogens is 223 g/mol. The highest BCUT2D eigenvalue weighted by Crippen LogP contribution is 2.12. The number of rotatable bonds is 2. The molecule has 0 bridgehead atoms. The zero-order valence-corrected chi connectivity index (χ0v) is 10.2. The summed E-state index contributed by atoms with van der Waals surface area (Å²) in [7, 11) is 0. The van der Waals surface area contributed by atoms with Crippen molar-refractivity contribution in [2.75, 3.05) is 5.73 Å². The van der Waals surface area contributed by atoms with Crippen molar-refractivity contribution >= 4 is 11.8 Å². The number of halogens is 1. The molecule has 1 amide bonds. The van der Waals surface area contributed by atoms with Gasteiger partial charge in [0.1, 0.15) is 11.4 Å². The number of ether oxygens (including phenoxy) is 1. The Hall–Kier alpha value is -1.78. The van der Waals surface area contributed by atoms with E-state index in [1.807, 2.05) is 0 Å². The van der Waals surface area contributed by atoms with Gasteiger partial charge < -0.3 is 15.8 Å². The van der Waals surface area contributed by atoms with Crippen molar-refractivity contribution in [3.05, 3.63) is 29.6 Å². The number of carbonyl (C=O) groups excluding carboxylic acids is 1. The van der Waals surface area contributed by atoms with E-state index in [-0.39, 0.29) is 12.2 Å². The third-order valence-electron chi connectivity index (χ3n) is 1.90. The number of nitrogens with two attached hydrogens (primary N) is 1. The van der Waals surface area contributed by atoms with E-state index in [1.54, 1.807) is 26.8 Å². The van der Waals surface area contributed by atoms with Crippen LogP contribution >= 0.6 is 0 Å². The lowest BCUT2D eigenvalue weighted by atomic mass is 10.2. The first-order valence-corrected chi connectivity index (χ1v) is 5.29. The number of benzene rings is 1. The van der Waals surface area contributed by atoms with Crippen LogP contribution in [0.15, 0.2) is 18.2 Å². The maximum Gasteiger partial charge on any atom is 0.407 e. The summed E-state index contributed by atoms with van der Waals surface area (Å²) in [6, 6.07) is 4.30. The molecule has 1 aromatic carbocycles. The monoisotopic (exact) mass is 240 g/mol. The number of anilines is 1. The topological polar surface area (TPSA) is 64.3 Å². The van der Waals surface area contributed by atoms with Crippen LogP contribution in [0.5, 0.6) is 0 Å². The Bertz CT molecular complexity index is 413. The van der Waals surface area contributed by atoms with E-state index in [0.29, 0.717) is 0 Å². The highest BCUT2D eigenvalue weighted by molar-refractivity contribution is 5.67. The summed E-state index contributed by atoms with van der Waals surface area (Å²) >= 11 is 0. The standard InChI is InChI=1S/C12H17FN2O2/c1-12(2,3)17-11(16)15-7-8-4-5-9(13)10(14)6-8/h4-6H,7,14H2,1-3H3,(H,15,16). The summed E-state index contributed by atoms with van der Waals surface area (Å²) in [5.41, 5.74) is 5.65. The molecule has 0 aromatic heterocycles. The van der Waals surface area contributed by atoms with E-state index < -0.39 is 17.5 Å². The van der Waals surface area contributed by atoms with Crippen molar-refractivity contribution in [1.29, 1.82) is 0 Å². The van der Waals surface area contributed by atoms with Gasteiger partial charge in [0.15, 0.2) is 0 Å². The van der Waals surface area contributed by atoms with Crippen molar-refractivity contribution in [1.82, 2.24) is 5.32 Å². The van der Waals surface area contributed by atoms with E-state index in [2.05, 4.69) is 5.32 Å². The van der Waals surface area contributed by atoms with Gasteiger partial charge >= 0.3 is 6.09 Å². The van der Waals surface area contributed by atoms with Crippen molar-refractivity contribution in [3.8, 4) is 0 Å². The highest BCUT2D eigenvalue weighted by atomic mass is 19.1. The maximum absolute atomic E-state index is 12.9. The van der Waals surface area contributed by atoms with E-state index in [4.69, 9.17) is 10.5 Å². The minimum Gasteiger partial charge on any atom is -0.444 e. The zero-order chi connectivity index (χ0) is 13.1. The molecule has 3 N–H and O–H groups in total. The van der Waals surface area contributed by atoms with Crippen LogP contribution in [0.25, 0.3) is 0 Å². The van der Waals surface area contributed by atoms with Gasteiger partial charge in [-0.25, -0.2) is 9.18 Å². The molecule has 0 radical (unpaired) electrons. The van der Waals surface area contributed by atoms with Gasteiger partial charge in [0.25, 0.3) is 0 Å². The molecular formula is C12H17FN2O2. The Morgan fingerprint density at radius 3 is 2.65 bits per heavy atom. The first kappa shape index (κ1) is 13.3. The zero-order valence-electron chi connectivity index (χ0n) is 10.2. The van der Waals surface area contributed by atoms with Crippen LogP contribution in [0.4, 0.5) is 14.9 Å². The van der Waals surface area contributed by atoms with Crippen LogP contribution in [0.1, 0.15) is 26.3 Å². The molecule has 0 aliphatic rings. The molecule has 0 unspecified atom stereocenters. The SMILES string of the molecule is CC(C)(C)OC(=O)NCc1ccc(F)c(N)c1. The van der Waals surface area contributed by atoms with Gasteiger partial charge in [-0.1, -0.05) is 6.07 Å². The van der Waals surface area contributed by atoms with E-state index >= 15 is 0 Å². The fourth-order valence-electron chi connectivity index (χ4n) is 1.19. The summed E-state index contributed by atoms with van der Waals surface area (Å²) in [6.07, 6.45) is -0.514. The van der Waals surface area contributed by atoms with Crippen molar-refractivity contribution in [3.63, 3.8) is 0 Å². The van der Waals surface area contributed by atoms with E-state index in [1.165, 1.54) is 12.1 Å². The van der Waals surface area contributed by atoms with Crippen LogP contribution in [0.2, 0.25) is 0 Å². The van der Waals surface area contributed by atoms with Crippen molar-refractivity contribution < 1.29 is 13.9 Å². The Morgan fingerprint density at radius 1 is 1.47 bits per heavy atom. The van der Waals surface area contributed by atoms with Crippen LogP contribution in [-0.2, 0) is 11.3 Å². The lowest BCUT2D eigenvalue weighted by molar-refractivity contribution is 0.0523. The predicted octanol–water partition coefficient (Wildman–Crippen LogP) is 2.43. The molecule has 0 atom stereocenters. The normalized spacial score (nSPS) is 11.1. The number of nitrogens with one attached hydrogen (secondary N) is 1. The fourth-order valence-corrected chi connectivity index (χ4v) is 1.19. The van der Waals surface area contributed by atoms with Crippen molar-refractivity contribution in [2.24, 2.45) is 0 Å². The molecule has 4 nitrogen and oxygen atoms in total. The molecule has 17 heavy (non-hydrogen) atoms. The Kier molecular flexibility index (Phi) is 3.93. The van der Waals surface area contributed by atoms with Gasteiger partial charge in [0.05, 0.1) is 5.69 Å². The molecule has 0 heterocycles. The lowest BCUT2D eigenvalue weighted by Gasteiger charge is -2.19. The van der Waals surface area contributed by atoms with Crippen LogP contribution in [0, 0.1) is 5.82 Å². The number of amides is 1. The van der Waals surface area contributed by atoms with Gasteiger partial charge in [-0.2, -0.15) is 0 Å². The highest BCUT2D eigenvalue weighted by Gasteiger charge is 2.15. The quantitative estimate of drug-likeness (QED) is 0.780. The van der Waals surface area contributed by atoms with Gasteiger partial charge in [-0.3, -0.25) is 0 Å². The molecule has 0 fully saturated rings. The number of alkyl carbamates (subject to hydrolysis) is 1. The molecule has 5 heteroatoms. The Morgan fingerprint density at radius 2 is 2.12 bits per heavy atom. The van der Waals surface area contributed by atoms with Crippen LogP contribution in [-0.4, -0.2) is 11.7 Å². The second-order valence-electron chi connectivity index (χ2n) is 4.71. The first-order valence-electron chi connectivity index (χ1n) is 5.29. The fraction of sp³-hybridized carbons (Fsp3) is 0.417. The first-order chi connectivity index (χ1) is 7.78. The predicted molar refractivity (Wildman–Crippen MR) is 63.9 cm³/mol. The lowest BCUT2D eigenvalue weighted by Crippen LogP contribution is -2.32. The molecule has 0 saturated carbocycles. The molecule has 0 spiro atoms. The van der Waals surface area contributed by atoms with Crippen LogP contribution < -0.4 is 11.1 Å². The minimum absolute atomic E-state index is 0.0634. The summed E-state index contributed by atoms with van der Waals surface area (Å²) in [5, 5.41) is 2.56. The van der Waals surface area contributed by atoms with Crippen LogP contribution in [0.3, 0.4) is 0 Å². The van der Waals surface area contributed by atoms with Gasteiger partial charge in [-0.15, -0.1) is 0 Å². The minimum atomic E-state index is -0.536. The average molecular weight is 240 g/mol. The smallest absolute Gasteiger partial charge is 0.407 e. The largest absolute Gasteiger partial charge is 0.444 e. The van der Waals surface area contributed by atoms with Gasteiger partial charge in [-0.05, 0) is 38.5 Å². The average Bonchev–Trinajstić information content (AvgIpc) is 2.17.